The number of nitrogens with one attached hydrogen (secondary N) is 2. The van der Waals surface area contributed by atoms with E-state index in [-0.39, 0.29) is 11.2 Å². The molecule has 2 aromatic rings. The molecular weight excluding hydrogens is 457 g/mol. The van der Waals surface area contributed by atoms with Crippen molar-refractivity contribution in [2.75, 3.05) is 36.4 Å². The summed E-state index contributed by atoms with van der Waals surface area (Å²) >= 11 is 1.77. The van der Waals surface area contributed by atoms with Gasteiger partial charge in [0.1, 0.15) is 5.82 Å². The standard InChI is InChI=1S/C28H32FN5S/c1-2-28-16-21(17-30)27(32-24-8-6-23(29)7-9-24)14-22(28)10-13-34(20-28)35-26-15-25(18-31-19-26)33-11-4-3-5-12-33/h2,6-9,14-15,17-19,30,32H,1,3-5,10-13,16,20H2. The highest BCUT2D eigenvalue weighted by atomic mass is 32.2. The lowest BCUT2D eigenvalue weighted by Crippen LogP contribution is -2.42. The van der Waals surface area contributed by atoms with Gasteiger partial charge in [-0.25, -0.2) is 8.70 Å². The number of pyridine rings is 1. The number of fused-ring (bicyclic) bond motifs is 1. The zero-order valence-corrected chi connectivity index (χ0v) is 20.8. The molecule has 1 atom stereocenters. The Kier molecular flexibility index (Phi) is 7.07. The second kappa shape index (κ2) is 10.4. The first-order valence-corrected chi connectivity index (χ1v) is 13.1. The summed E-state index contributed by atoms with van der Waals surface area (Å²) in [4.78, 5) is 8.14. The van der Waals surface area contributed by atoms with Crippen LogP contribution in [0.5, 0.6) is 0 Å². The molecule has 1 aromatic carbocycles. The first-order chi connectivity index (χ1) is 17.1. The molecule has 2 fully saturated rings. The van der Waals surface area contributed by atoms with Crippen LogP contribution in [0, 0.1) is 16.6 Å². The van der Waals surface area contributed by atoms with Crippen LogP contribution in [0.3, 0.4) is 0 Å². The highest BCUT2D eigenvalue weighted by molar-refractivity contribution is 7.97. The summed E-state index contributed by atoms with van der Waals surface area (Å²) < 4.78 is 15.7. The first kappa shape index (κ1) is 23.8. The number of anilines is 2. The minimum atomic E-state index is -0.258. The van der Waals surface area contributed by atoms with E-state index >= 15 is 0 Å². The molecule has 1 aromatic heterocycles. The Hall–Kier alpha value is -2.90. The summed E-state index contributed by atoms with van der Waals surface area (Å²) in [6, 6.07) is 8.61. The van der Waals surface area contributed by atoms with E-state index in [4.69, 9.17) is 5.41 Å². The molecule has 5 nitrogen and oxygen atoms in total. The van der Waals surface area contributed by atoms with Crippen LogP contribution in [-0.4, -0.2) is 41.7 Å². The van der Waals surface area contributed by atoms with E-state index < -0.39 is 0 Å². The van der Waals surface area contributed by atoms with Gasteiger partial charge in [0.2, 0.25) is 0 Å². The molecule has 3 heterocycles. The fourth-order valence-electron chi connectivity index (χ4n) is 5.29. The molecule has 0 saturated carbocycles. The Morgan fingerprint density at radius 2 is 1.91 bits per heavy atom. The van der Waals surface area contributed by atoms with Crippen molar-refractivity contribution in [3.8, 4) is 0 Å². The third-order valence-corrected chi connectivity index (χ3v) is 8.25. The average Bonchev–Trinajstić information content (AvgIpc) is 2.90. The van der Waals surface area contributed by atoms with Crippen LogP contribution < -0.4 is 10.2 Å². The van der Waals surface area contributed by atoms with E-state index in [1.165, 1.54) is 48.9 Å². The summed E-state index contributed by atoms with van der Waals surface area (Å²) in [5.74, 6) is -0.258. The van der Waals surface area contributed by atoms with E-state index in [9.17, 15) is 4.39 Å². The number of halogens is 1. The van der Waals surface area contributed by atoms with E-state index in [0.717, 1.165) is 60.9 Å². The number of aromatic nitrogens is 1. The molecule has 2 saturated heterocycles. The smallest absolute Gasteiger partial charge is 0.123 e. The second-order valence-corrected chi connectivity index (χ2v) is 10.7. The number of piperidine rings is 2. The number of allylic oxidation sites excluding steroid dienone is 2. The highest BCUT2D eigenvalue weighted by Gasteiger charge is 2.40. The quantitative estimate of drug-likeness (QED) is 0.266. The molecule has 0 radical (unpaired) electrons. The molecule has 5 rings (SSSR count). The number of nitrogens with zero attached hydrogens (tertiary/aromatic N) is 3. The van der Waals surface area contributed by atoms with Crippen molar-refractivity contribution in [1.82, 2.24) is 9.29 Å². The van der Waals surface area contributed by atoms with Crippen molar-refractivity contribution in [2.45, 2.75) is 37.0 Å². The Balaban J connectivity index is 1.32. The summed E-state index contributed by atoms with van der Waals surface area (Å²) in [5.41, 5.74) is 5.01. The van der Waals surface area contributed by atoms with Crippen LogP contribution in [0.15, 0.2) is 83.2 Å². The average molecular weight is 490 g/mol. The minimum absolute atomic E-state index is 0.204. The maximum Gasteiger partial charge on any atom is 0.123 e. The lowest BCUT2D eigenvalue weighted by Gasteiger charge is -2.45. The topological polar surface area (TPSA) is 55.3 Å². The van der Waals surface area contributed by atoms with Crippen molar-refractivity contribution >= 4 is 29.5 Å². The zero-order chi connectivity index (χ0) is 24.3. The molecule has 0 amide bonds. The van der Waals surface area contributed by atoms with Gasteiger partial charge < -0.3 is 15.6 Å². The second-order valence-electron chi connectivity index (χ2n) is 9.55. The van der Waals surface area contributed by atoms with Gasteiger partial charge >= 0.3 is 0 Å². The van der Waals surface area contributed by atoms with E-state index in [0.29, 0.717) is 0 Å². The van der Waals surface area contributed by atoms with E-state index in [1.807, 2.05) is 12.4 Å². The van der Waals surface area contributed by atoms with Crippen molar-refractivity contribution in [1.29, 1.82) is 5.41 Å². The summed E-state index contributed by atoms with van der Waals surface area (Å²) in [7, 11) is 0. The number of rotatable bonds is 7. The lowest BCUT2D eigenvalue weighted by atomic mass is 9.69. The van der Waals surface area contributed by atoms with Gasteiger partial charge in [0.25, 0.3) is 0 Å². The van der Waals surface area contributed by atoms with Crippen molar-refractivity contribution in [2.24, 2.45) is 5.41 Å². The maximum absolute atomic E-state index is 13.3. The summed E-state index contributed by atoms with van der Waals surface area (Å²) in [6.07, 6.45) is 15.1. The number of hydrogen-bond donors (Lipinski definition) is 2. The van der Waals surface area contributed by atoms with Crippen molar-refractivity contribution in [3.05, 3.63) is 84.1 Å². The van der Waals surface area contributed by atoms with E-state index in [2.05, 4.69) is 44.3 Å². The fourth-order valence-corrected chi connectivity index (χ4v) is 6.34. The molecule has 2 aliphatic heterocycles. The highest BCUT2D eigenvalue weighted by Crippen LogP contribution is 2.47. The lowest BCUT2D eigenvalue weighted by molar-refractivity contribution is 0.277. The van der Waals surface area contributed by atoms with Gasteiger partial charge in [0.15, 0.2) is 0 Å². The van der Waals surface area contributed by atoms with Crippen LogP contribution in [0.1, 0.15) is 32.1 Å². The Morgan fingerprint density at radius 1 is 1.11 bits per heavy atom. The molecular formula is C28H32FN5S. The van der Waals surface area contributed by atoms with E-state index in [1.54, 1.807) is 24.1 Å². The molecule has 1 unspecified atom stereocenters. The minimum Gasteiger partial charge on any atom is -0.370 e. The van der Waals surface area contributed by atoms with Crippen LogP contribution in [0.25, 0.3) is 0 Å². The maximum atomic E-state index is 13.3. The van der Waals surface area contributed by atoms with Gasteiger partial charge in [-0.3, -0.25) is 4.98 Å². The van der Waals surface area contributed by atoms with Crippen molar-refractivity contribution < 1.29 is 4.39 Å². The normalized spacial score (nSPS) is 22.9. The Labute approximate surface area is 211 Å². The third-order valence-electron chi connectivity index (χ3n) is 7.24. The fraction of sp³-hybridized carbons (Fsp3) is 0.357. The molecule has 0 spiro atoms. The molecule has 2 N–H and O–H groups in total. The first-order valence-electron chi connectivity index (χ1n) is 12.3. The predicted molar refractivity (Wildman–Crippen MR) is 144 cm³/mol. The van der Waals surface area contributed by atoms with Gasteiger partial charge in [-0.2, -0.15) is 0 Å². The van der Waals surface area contributed by atoms with Crippen LogP contribution >= 0.6 is 11.9 Å². The predicted octanol–water partition coefficient (Wildman–Crippen LogP) is 6.44. The summed E-state index contributed by atoms with van der Waals surface area (Å²) in [6.45, 7) is 8.20. The van der Waals surface area contributed by atoms with Gasteiger partial charge in [-0.05, 0) is 86.0 Å². The van der Waals surface area contributed by atoms with Crippen LogP contribution in [-0.2, 0) is 0 Å². The molecule has 35 heavy (non-hydrogen) atoms. The summed E-state index contributed by atoms with van der Waals surface area (Å²) in [5, 5.41) is 11.5. The number of benzene rings is 1. The molecule has 3 aliphatic rings. The Morgan fingerprint density at radius 3 is 2.66 bits per heavy atom. The van der Waals surface area contributed by atoms with Crippen LogP contribution in [0.4, 0.5) is 15.8 Å². The van der Waals surface area contributed by atoms with Gasteiger partial charge in [-0.1, -0.05) is 11.6 Å². The number of hydrogen-bond acceptors (Lipinski definition) is 6. The van der Waals surface area contributed by atoms with Gasteiger partial charge in [0, 0.05) is 60.3 Å². The molecule has 0 bridgehead atoms. The zero-order valence-electron chi connectivity index (χ0n) is 20.0. The largest absolute Gasteiger partial charge is 0.370 e. The molecule has 1 aliphatic carbocycles. The molecule has 182 valence electrons. The van der Waals surface area contributed by atoms with Gasteiger partial charge in [-0.15, -0.1) is 6.58 Å². The SMILES string of the molecule is C=CC12CC(C=N)=C(Nc3ccc(F)cc3)C=C1CCN(Sc1cncc(N3CCCCC3)c1)C2. The van der Waals surface area contributed by atoms with Gasteiger partial charge in [0.05, 0.1) is 11.9 Å². The monoisotopic (exact) mass is 489 g/mol. The van der Waals surface area contributed by atoms with Crippen molar-refractivity contribution in [3.63, 3.8) is 0 Å². The van der Waals surface area contributed by atoms with Crippen LogP contribution in [0.2, 0.25) is 0 Å². The molecule has 7 heteroatoms. The Bertz CT molecular complexity index is 1150. The third kappa shape index (κ3) is 5.21.